The number of halogens is 1. The van der Waals surface area contributed by atoms with Gasteiger partial charge < -0.3 is 20.7 Å². The van der Waals surface area contributed by atoms with Crippen molar-refractivity contribution in [2.24, 2.45) is 4.99 Å². The van der Waals surface area contributed by atoms with Crippen molar-refractivity contribution in [3.05, 3.63) is 59.7 Å². The van der Waals surface area contributed by atoms with Gasteiger partial charge in [0.1, 0.15) is 11.9 Å². The van der Waals surface area contributed by atoms with Crippen molar-refractivity contribution < 1.29 is 9.53 Å². The van der Waals surface area contributed by atoms with Gasteiger partial charge in [0.05, 0.1) is 6.54 Å². The Labute approximate surface area is 195 Å². The number of fused-ring (bicyclic) bond motifs is 1. The molecule has 7 heteroatoms. The second kappa shape index (κ2) is 11.8. The number of hydrogen-bond acceptors (Lipinski definition) is 3. The summed E-state index contributed by atoms with van der Waals surface area (Å²) in [6, 6.07) is 16.0. The van der Waals surface area contributed by atoms with Gasteiger partial charge in [-0.05, 0) is 44.0 Å². The summed E-state index contributed by atoms with van der Waals surface area (Å²) in [4.78, 5) is 16.7. The standard InChI is InChI=1S/C23H30N4O2.HI/c1-4-24-23(25-14-17(3)29-21-12-8-5-9-16(21)2)26-15-18-13-22(28)27-20-11-7-6-10-19(18)20;/h5-12,17-18H,4,13-15H2,1-3H3,(H,27,28)(H2,24,25,26);1H. The summed E-state index contributed by atoms with van der Waals surface area (Å²) >= 11 is 0. The normalized spacial score (nSPS) is 16.6. The van der Waals surface area contributed by atoms with Crippen LogP contribution in [0.15, 0.2) is 53.5 Å². The quantitative estimate of drug-likeness (QED) is 0.291. The average molecular weight is 522 g/mol. The van der Waals surface area contributed by atoms with Crippen LogP contribution in [0.5, 0.6) is 5.75 Å². The van der Waals surface area contributed by atoms with E-state index in [1.165, 1.54) is 0 Å². The summed E-state index contributed by atoms with van der Waals surface area (Å²) in [5.41, 5.74) is 3.17. The van der Waals surface area contributed by atoms with E-state index in [0.29, 0.717) is 19.5 Å². The van der Waals surface area contributed by atoms with E-state index in [-0.39, 0.29) is 41.9 Å². The SMILES string of the molecule is CCNC(=NCC(C)Oc1ccccc1C)NCC1CC(=O)Nc2ccccc21.I. The fourth-order valence-electron chi connectivity index (χ4n) is 3.41. The van der Waals surface area contributed by atoms with E-state index in [1.54, 1.807) is 0 Å². The number of nitrogens with zero attached hydrogens (tertiary/aromatic N) is 1. The van der Waals surface area contributed by atoms with Crippen LogP contribution < -0.4 is 20.7 Å². The first-order chi connectivity index (χ1) is 14.1. The molecule has 0 aromatic heterocycles. The van der Waals surface area contributed by atoms with Crippen LogP contribution in [0.4, 0.5) is 5.69 Å². The van der Waals surface area contributed by atoms with Crippen LogP contribution in [0.3, 0.4) is 0 Å². The molecule has 0 bridgehead atoms. The third kappa shape index (κ3) is 6.62. The highest BCUT2D eigenvalue weighted by Crippen LogP contribution is 2.31. The molecule has 0 fully saturated rings. The molecule has 30 heavy (non-hydrogen) atoms. The minimum atomic E-state index is -0.0484. The van der Waals surface area contributed by atoms with Gasteiger partial charge in [-0.25, -0.2) is 4.99 Å². The average Bonchev–Trinajstić information content (AvgIpc) is 2.71. The Balaban J connectivity index is 0.00000320. The van der Waals surface area contributed by atoms with Gasteiger partial charge in [0.15, 0.2) is 5.96 Å². The van der Waals surface area contributed by atoms with E-state index in [9.17, 15) is 4.79 Å². The maximum atomic E-state index is 12.0. The van der Waals surface area contributed by atoms with Crippen molar-refractivity contribution in [3.8, 4) is 5.75 Å². The number of guanidine groups is 1. The zero-order valence-corrected chi connectivity index (χ0v) is 20.1. The first kappa shape index (κ1) is 24.0. The van der Waals surface area contributed by atoms with Crippen LogP contribution in [0.2, 0.25) is 0 Å². The second-order valence-corrected chi connectivity index (χ2v) is 7.33. The van der Waals surface area contributed by atoms with E-state index in [1.807, 2.05) is 63.2 Å². The zero-order valence-electron chi connectivity index (χ0n) is 17.8. The molecule has 3 rings (SSSR count). The minimum absolute atomic E-state index is 0. The molecule has 3 N–H and O–H groups in total. The van der Waals surface area contributed by atoms with Crippen LogP contribution in [0, 0.1) is 6.92 Å². The molecule has 0 radical (unpaired) electrons. The van der Waals surface area contributed by atoms with Crippen LogP contribution in [-0.2, 0) is 4.79 Å². The Hall–Kier alpha value is -2.29. The zero-order chi connectivity index (χ0) is 20.6. The van der Waals surface area contributed by atoms with E-state index < -0.39 is 0 Å². The van der Waals surface area contributed by atoms with Crippen molar-refractivity contribution >= 4 is 41.5 Å². The lowest BCUT2D eigenvalue weighted by Gasteiger charge is -2.26. The number of carbonyl (C=O) groups is 1. The van der Waals surface area contributed by atoms with E-state index >= 15 is 0 Å². The molecular weight excluding hydrogens is 491 g/mol. The van der Waals surface area contributed by atoms with Gasteiger partial charge in [0.2, 0.25) is 5.91 Å². The summed E-state index contributed by atoms with van der Waals surface area (Å²) in [6.45, 7) is 8.03. The highest BCUT2D eigenvalue weighted by Gasteiger charge is 2.24. The van der Waals surface area contributed by atoms with Gasteiger partial charge in [-0.1, -0.05) is 36.4 Å². The van der Waals surface area contributed by atoms with Gasteiger partial charge in [-0.3, -0.25) is 4.79 Å². The molecule has 1 aliphatic rings. The molecule has 2 unspecified atom stereocenters. The first-order valence-corrected chi connectivity index (χ1v) is 10.2. The van der Waals surface area contributed by atoms with E-state index in [2.05, 4.69) is 27.0 Å². The molecule has 1 amide bonds. The fourth-order valence-corrected chi connectivity index (χ4v) is 3.41. The predicted molar refractivity (Wildman–Crippen MR) is 133 cm³/mol. The molecule has 1 heterocycles. The molecule has 2 atom stereocenters. The summed E-state index contributed by atoms with van der Waals surface area (Å²) in [7, 11) is 0. The number of aryl methyl sites for hydroxylation is 1. The summed E-state index contributed by atoms with van der Waals surface area (Å²) in [6.07, 6.45) is 0.420. The Bertz CT molecular complexity index is 872. The molecular formula is C23H31IN4O2. The van der Waals surface area contributed by atoms with E-state index in [0.717, 1.165) is 35.1 Å². The van der Waals surface area contributed by atoms with Gasteiger partial charge in [0.25, 0.3) is 0 Å². The van der Waals surface area contributed by atoms with E-state index in [4.69, 9.17) is 4.74 Å². The molecule has 0 saturated carbocycles. The minimum Gasteiger partial charge on any atom is -0.489 e. The maximum Gasteiger partial charge on any atom is 0.225 e. The van der Waals surface area contributed by atoms with Crippen LogP contribution in [-0.4, -0.2) is 37.6 Å². The van der Waals surface area contributed by atoms with Crippen molar-refractivity contribution in [2.75, 3.05) is 25.0 Å². The third-order valence-corrected chi connectivity index (χ3v) is 4.89. The third-order valence-electron chi connectivity index (χ3n) is 4.89. The van der Waals surface area contributed by atoms with Gasteiger partial charge in [-0.15, -0.1) is 24.0 Å². The molecule has 0 aliphatic carbocycles. The number of aliphatic imine (C=N–C) groups is 1. The molecule has 0 spiro atoms. The molecule has 1 aliphatic heterocycles. The molecule has 0 saturated heterocycles. The van der Waals surface area contributed by atoms with Gasteiger partial charge >= 0.3 is 0 Å². The molecule has 6 nitrogen and oxygen atoms in total. The largest absolute Gasteiger partial charge is 0.489 e. The van der Waals surface area contributed by atoms with Crippen LogP contribution in [0.25, 0.3) is 0 Å². The number of amides is 1. The number of nitrogens with one attached hydrogen (secondary N) is 3. The number of ether oxygens (including phenoxy) is 1. The van der Waals surface area contributed by atoms with Gasteiger partial charge in [-0.2, -0.15) is 0 Å². The summed E-state index contributed by atoms with van der Waals surface area (Å²) in [5, 5.41) is 9.60. The Morgan fingerprint density at radius 2 is 1.93 bits per heavy atom. The molecule has 162 valence electrons. The first-order valence-electron chi connectivity index (χ1n) is 10.2. The number of rotatable bonds is 7. The lowest BCUT2D eigenvalue weighted by atomic mass is 9.90. The Morgan fingerprint density at radius 3 is 2.70 bits per heavy atom. The van der Waals surface area contributed by atoms with Crippen molar-refractivity contribution in [2.45, 2.75) is 39.2 Å². The van der Waals surface area contributed by atoms with Crippen molar-refractivity contribution in [3.63, 3.8) is 0 Å². The number of carbonyl (C=O) groups excluding carboxylic acids is 1. The molecule has 2 aromatic rings. The predicted octanol–water partition coefficient (Wildman–Crippen LogP) is 4.06. The molecule has 2 aromatic carbocycles. The summed E-state index contributed by atoms with van der Waals surface area (Å²) < 4.78 is 6.01. The Kier molecular flexibility index (Phi) is 9.42. The lowest BCUT2D eigenvalue weighted by molar-refractivity contribution is -0.116. The number of para-hydroxylation sites is 2. The smallest absolute Gasteiger partial charge is 0.225 e. The number of anilines is 1. The van der Waals surface area contributed by atoms with Gasteiger partial charge in [0, 0.05) is 31.1 Å². The second-order valence-electron chi connectivity index (χ2n) is 7.33. The highest BCUT2D eigenvalue weighted by molar-refractivity contribution is 14.0. The number of hydrogen-bond donors (Lipinski definition) is 3. The van der Waals surface area contributed by atoms with Crippen LogP contribution >= 0.6 is 24.0 Å². The van der Waals surface area contributed by atoms with Crippen molar-refractivity contribution in [1.82, 2.24) is 10.6 Å². The maximum absolute atomic E-state index is 12.0. The van der Waals surface area contributed by atoms with Crippen molar-refractivity contribution in [1.29, 1.82) is 0 Å². The monoisotopic (exact) mass is 522 g/mol. The topological polar surface area (TPSA) is 74.8 Å². The fraction of sp³-hybridized carbons (Fsp3) is 0.391. The highest BCUT2D eigenvalue weighted by atomic mass is 127. The van der Waals surface area contributed by atoms with Crippen LogP contribution in [0.1, 0.15) is 37.3 Å². The number of benzene rings is 2. The summed E-state index contributed by atoms with van der Waals surface area (Å²) in [5.74, 6) is 1.79. The Morgan fingerprint density at radius 1 is 1.20 bits per heavy atom. The lowest BCUT2D eigenvalue weighted by Crippen LogP contribution is -2.41.